The molecule has 1 aromatic carbocycles. The molecule has 0 radical (unpaired) electrons. The van der Waals surface area contributed by atoms with Crippen molar-refractivity contribution in [2.24, 2.45) is 0 Å². The number of amides is 1. The topological polar surface area (TPSA) is 90.1 Å². The fourth-order valence-corrected chi connectivity index (χ4v) is 1.99. The molecule has 21 heavy (non-hydrogen) atoms. The number of aromatic nitrogens is 2. The maximum absolute atomic E-state index is 12.0. The van der Waals surface area contributed by atoms with Crippen LogP contribution in [0.5, 0.6) is 0 Å². The number of aryl methyl sites for hydroxylation is 1. The van der Waals surface area contributed by atoms with E-state index in [0.717, 1.165) is 5.56 Å². The van der Waals surface area contributed by atoms with Gasteiger partial charge in [-0.25, -0.2) is 0 Å². The smallest absolute Gasteiger partial charge is 0.358 e. The number of nitrogens with one attached hydrogen (secondary N) is 1. The molecule has 2 aromatic rings. The summed E-state index contributed by atoms with van der Waals surface area (Å²) in [7, 11) is 0. The van der Waals surface area contributed by atoms with E-state index in [0.29, 0.717) is 16.4 Å². The Bertz CT molecular complexity index is 711. The second kappa shape index (κ2) is 5.92. The summed E-state index contributed by atoms with van der Waals surface area (Å²) >= 11 is 5.98. The molecule has 1 N–H and O–H groups in total. The number of carbonyl (C=O) groups excluding carboxylic acids is 1. The molecule has 0 atom stereocenters. The van der Waals surface area contributed by atoms with Crippen molar-refractivity contribution in [1.29, 1.82) is 0 Å². The van der Waals surface area contributed by atoms with Crippen LogP contribution < -0.4 is 5.32 Å². The number of nitro groups is 1. The fraction of sp³-hybridized carbons (Fsp3) is 0.231. The lowest BCUT2D eigenvalue weighted by atomic mass is 10.2. The lowest BCUT2D eigenvalue weighted by molar-refractivity contribution is -0.389. The summed E-state index contributed by atoms with van der Waals surface area (Å²) in [5, 5.41) is 17.7. The molecular weight excluding hydrogens is 296 g/mol. The summed E-state index contributed by atoms with van der Waals surface area (Å²) < 4.78 is 1.29. The second-order valence-electron chi connectivity index (χ2n) is 4.52. The quantitative estimate of drug-likeness (QED) is 0.694. The van der Waals surface area contributed by atoms with Gasteiger partial charge >= 0.3 is 5.82 Å². The first-order valence-corrected chi connectivity index (χ1v) is 6.50. The van der Waals surface area contributed by atoms with Crippen LogP contribution in [-0.4, -0.2) is 20.6 Å². The summed E-state index contributed by atoms with van der Waals surface area (Å²) in [5.74, 6) is -0.610. The van der Waals surface area contributed by atoms with Gasteiger partial charge in [-0.1, -0.05) is 17.7 Å². The lowest BCUT2D eigenvalue weighted by Crippen LogP contribution is -2.20. The van der Waals surface area contributed by atoms with Crippen molar-refractivity contribution in [3.8, 4) is 0 Å². The molecule has 110 valence electrons. The van der Waals surface area contributed by atoms with Gasteiger partial charge in [-0.15, -0.1) is 0 Å². The summed E-state index contributed by atoms with van der Waals surface area (Å²) in [4.78, 5) is 22.0. The van der Waals surface area contributed by atoms with E-state index in [-0.39, 0.29) is 18.3 Å². The minimum Gasteiger partial charge on any atom is -0.358 e. The Hall–Kier alpha value is -2.41. The highest BCUT2D eigenvalue weighted by molar-refractivity contribution is 6.31. The minimum atomic E-state index is -0.595. The molecule has 1 aromatic heterocycles. The van der Waals surface area contributed by atoms with E-state index in [1.54, 1.807) is 32.0 Å². The van der Waals surface area contributed by atoms with Crippen LogP contribution >= 0.6 is 11.6 Å². The summed E-state index contributed by atoms with van der Waals surface area (Å²) in [5.41, 5.74) is 1.90. The van der Waals surface area contributed by atoms with Crippen LogP contribution in [0.25, 0.3) is 0 Å². The zero-order valence-corrected chi connectivity index (χ0v) is 12.2. The van der Waals surface area contributed by atoms with Gasteiger partial charge in [-0.3, -0.25) is 4.79 Å². The molecule has 0 aliphatic carbocycles. The fourth-order valence-electron chi connectivity index (χ4n) is 1.81. The molecule has 7 nitrogen and oxygen atoms in total. The largest absolute Gasteiger partial charge is 0.390 e. The van der Waals surface area contributed by atoms with Crippen LogP contribution in [0, 0.1) is 24.0 Å². The van der Waals surface area contributed by atoms with E-state index in [9.17, 15) is 14.9 Å². The van der Waals surface area contributed by atoms with Gasteiger partial charge in [0.1, 0.15) is 6.54 Å². The number of nitrogens with zero attached hydrogens (tertiary/aromatic N) is 3. The van der Waals surface area contributed by atoms with E-state index in [1.807, 2.05) is 0 Å². The van der Waals surface area contributed by atoms with Crippen molar-refractivity contribution in [2.75, 3.05) is 5.32 Å². The van der Waals surface area contributed by atoms with Gasteiger partial charge in [0, 0.05) is 10.7 Å². The highest BCUT2D eigenvalue weighted by Gasteiger charge is 2.17. The van der Waals surface area contributed by atoms with E-state index < -0.39 is 4.92 Å². The van der Waals surface area contributed by atoms with Crippen LogP contribution in [0.3, 0.4) is 0 Å². The van der Waals surface area contributed by atoms with Gasteiger partial charge in [0.05, 0.1) is 16.9 Å². The second-order valence-corrected chi connectivity index (χ2v) is 4.93. The van der Waals surface area contributed by atoms with Crippen molar-refractivity contribution in [3.63, 3.8) is 0 Å². The number of carbonyl (C=O) groups is 1. The predicted octanol–water partition coefficient (Wildman–Crippen LogP) is 2.70. The number of anilines is 1. The first-order valence-electron chi connectivity index (χ1n) is 6.12. The molecule has 0 fully saturated rings. The third-order valence-corrected chi connectivity index (χ3v) is 3.40. The third-order valence-electron chi connectivity index (χ3n) is 2.99. The highest BCUT2D eigenvalue weighted by atomic mass is 35.5. The molecule has 0 aliphatic rings. The molecule has 2 rings (SSSR count). The van der Waals surface area contributed by atoms with Crippen molar-refractivity contribution >= 4 is 29.0 Å². The molecule has 0 saturated heterocycles. The first-order chi connectivity index (χ1) is 9.88. The Morgan fingerprint density at radius 3 is 2.81 bits per heavy atom. The normalized spacial score (nSPS) is 10.4. The van der Waals surface area contributed by atoms with Crippen molar-refractivity contribution in [3.05, 3.63) is 50.7 Å². The van der Waals surface area contributed by atoms with Crippen LogP contribution in [0.1, 0.15) is 11.3 Å². The average Bonchev–Trinajstić information content (AvgIpc) is 2.77. The van der Waals surface area contributed by atoms with Gasteiger partial charge in [0.25, 0.3) is 0 Å². The maximum Gasteiger partial charge on any atom is 0.390 e. The zero-order valence-electron chi connectivity index (χ0n) is 11.5. The summed E-state index contributed by atoms with van der Waals surface area (Å²) in [6.45, 7) is 3.34. The third kappa shape index (κ3) is 3.38. The molecule has 0 saturated carbocycles. The van der Waals surface area contributed by atoms with Gasteiger partial charge in [-0.05, 0) is 36.5 Å². The Morgan fingerprint density at radius 1 is 1.48 bits per heavy atom. The maximum atomic E-state index is 12.0. The molecule has 0 unspecified atom stereocenters. The van der Waals surface area contributed by atoms with Crippen LogP contribution in [0.2, 0.25) is 5.02 Å². The Morgan fingerprint density at radius 2 is 2.19 bits per heavy atom. The standard InChI is InChI=1S/C13H13ClN4O3/c1-8-6-12(18(20)21)16-17(8)7-13(19)15-11-5-3-4-10(14)9(11)2/h3-6H,7H2,1-2H3,(H,15,19). The van der Waals surface area contributed by atoms with Gasteiger partial charge in [-0.2, -0.15) is 4.68 Å². The molecule has 0 spiro atoms. The molecule has 1 heterocycles. The number of halogens is 1. The number of hydrogen-bond acceptors (Lipinski definition) is 4. The number of benzene rings is 1. The minimum absolute atomic E-state index is 0.106. The van der Waals surface area contributed by atoms with Crippen molar-refractivity contribution in [2.45, 2.75) is 20.4 Å². The zero-order chi connectivity index (χ0) is 15.6. The monoisotopic (exact) mass is 308 g/mol. The SMILES string of the molecule is Cc1c(Cl)cccc1NC(=O)Cn1nc([N+](=O)[O-])cc1C. The molecule has 0 aliphatic heterocycles. The highest BCUT2D eigenvalue weighted by Crippen LogP contribution is 2.23. The van der Waals surface area contributed by atoms with Crippen LogP contribution in [-0.2, 0) is 11.3 Å². The van der Waals surface area contributed by atoms with Crippen molar-refractivity contribution < 1.29 is 9.72 Å². The van der Waals surface area contributed by atoms with Crippen LogP contribution in [0.15, 0.2) is 24.3 Å². The van der Waals surface area contributed by atoms with Gasteiger partial charge in [0.15, 0.2) is 0 Å². The Balaban J connectivity index is 2.12. The molecule has 0 bridgehead atoms. The molecule has 1 amide bonds. The van der Waals surface area contributed by atoms with Gasteiger partial charge < -0.3 is 15.4 Å². The molecular formula is C13H13ClN4O3. The first kappa shape index (κ1) is 15.0. The molecule has 8 heteroatoms. The van der Waals surface area contributed by atoms with E-state index in [4.69, 9.17) is 11.6 Å². The number of hydrogen-bond donors (Lipinski definition) is 1. The van der Waals surface area contributed by atoms with E-state index in [1.165, 1.54) is 10.7 Å². The Labute approximate surface area is 125 Å². The summed E-state index contributed by atoms with van der Waals surface area (Å²) in [6, 6.07) is 6.51. The predicted molar refractivity (Wildman–Crippen MR) is 78.4 cm³/mol. The van der Waals surface area contributed by atoms with Crippen LogP contribution in [0.4, 0.5) is 11.5 Å². The number of rotatable bonds is 4. The van der Waals surface area contributed by atoms with E-state index >= 15 is 0 Å². The van der Waals surface area contributed by atoms with Gasteiger partial charge in [0.2, 0.25) is 5.91 Å². The Kier molecular flexibility index (Phi) is 4.23. The summed E-state index contributed by atoms with van der Waals surface area (Å²) in [6.07, 6.45) is 0. The average molecular weight is 309 g/mol. The van der Waals surface area contributed by atoms with Crippen molar-refractivity contribution in [1.82, 2.24) is 9.78 Å². The van der Waals surface area contributed by atoms with E-state index in [2.05, 4.69) is 10.4 Å². The lowest BCUT2D eigenvalue weighted by Gasteiger charge is -2.09.